The van der Waals surface area contributed by atoms with Gasteiger partial charge in [-0.15, -0.1) is 11.3 Å². The smallest absolute Gasteiger partial charge is 0.230 e. The third-order valence-corrected chi connectivity index (χ3v) is 4.11. The van der Waals surface area contributed by atoms with Gasteiger partial charge in [0, 0.05) is 27.9 Å². The van der Waals surface area contributed by atoms with E-state index in [0.29, 0.717) is 17.5 Å². The predicted octanol–water partition coefficient (Wildman–Crippen LogP) is 3.61. The molecule has 6 heteroatoms. The van der Waals surface area contributed by atoms with Crippen molar-refractivity contribution in [1.29, 1.82) is 0 Å². The van der Waals surface area contributed by atoms with E-state index in [0.717, 1.165) is 10.0 Å². The van der Waals surface area contributed by atoms with Crippen molar-refractivity contribution in [2.75, 3.05) is 5.32 Å². The van der Waals surface area contributed by atoms with Gasteiger partial charge in [0.2, 0.25) is 5.91 Å². The predicted molar refractivity (Wildman–Crippen MR) is 80.5 cm³/mol. The summed E-state index contributed by atoms with van der Waals surface area (Å²) in [5.74, 6) is 0.349. The molecule has 0 bridgehead atoms. The van der Waals surface area contributed by atoms with Gasteiger partial charge < -0.3 is 5.32 Å². The van der Waals surface area contributed by atoms with Crippen LogP contribution in [0.15, 0.2) is 29.1 Å². The number of nitrogens with zero attached hydrogens (tertiary/aromatic N) is 2. The van der Waals surface area contributed by atoms with Gasteiger partial charge in [-0.05, 0) is 33.5 Å². The standard InChI is InChI=1S/C13H14BrN3OS/c1-8(2)11-7-16-13(19-11)17-12(18)4-9-3-10(14)6-15-5-9/h3,5-8H,4H2,1-2H3,(H,16,17,18). The lowest BCUT2D eigenvalue weighted by molar-refractivity contribution is -0.115. The van der Waals surface area contributed by atoms with Crippen molar-refractivity contribution in [1.82, 2.24) is 9.97 Å². The number of halogens is 1. The fourth-order valence-corrected chi connectivity index (χ4v) is 2.76. The lowest BCUT2D eigenvalue weighted by atomic mass is 10.2. The molecule has 0 aliphatic heterocycles. The number of amides is 1. The quantitative estimate of drug-likeness (QED) is 0.925. The van der Waals surface area contributed by atoms with Crippen molar-refractivity contribution in [3.63, 3.8) is 0 Å². The Morgan fingerprint density at radius 2 is 2.21 bits per heavy atom. The molecule has 0 aliphatic rings. The van der Waals surface area contributed by atoms with E-state index in [9.17, 15) is 4.79 Å². The van der Waals surface area contributed by atoms with Crippen molar-refractivity contribution < 1.29 is 4.79 Å². The van der Waals surface area contributed by atoms with E-state index >= 15 is 0 Å². The van der Waals surface area contributed by atoms with Crippen LogP contribution < -0.4 is 5.32 Å². The molecule has 0 unspecified atom stereocenters. The average Bonchev–Trinajstić information content (AvgIpc) is 2.77. The van der Waals surface area contributed by atoms with Gasteiger partial charge in [0.25, 0.3) is 0 Å². The molecule has 0 saturated carbocycles. The molecule has 100 valence electrons. The van der Waals surface area contributed by atoms with Crippen molar-refractivity contribution in [3.05, 3.63) is 39.6 Å². The third-order valence-electron chi connectivity index (χ3n) is 2.47. The van der Waals surface area contributed by atoms with Gasteiger partial charge in [0.05, 0.1) is 6.42 Å². The Bertz CT molecular complexity index is 583. The number of rotatable bonds is 4. The van der Waals surface area contributed by atoms with Gasteiger partial charge in [0.1, 0.15) is 0 Å². The summed E-state index contributed by atoms with van der Waals surface area (Å²) < 4.78 is 0.870. The Morgan fingerprint density at radius 1 is 1.42 bits per heavy atom. The topological polar surface area (TPSA) is 54.9 Å². The summed E-state index contributed by atoms with van der Waals surface area (Å²) in [4.78, 5) is 21.3. The van der Waals surface area contributed by atoms with Crippen molar-refractivity contribution in [2.24, 2.45) is 0 Å². The molecule has 2 rings (SSSR count). The second-order valence-electron chi connectivity index (χ2n) is 4.46. The van der Waals surface area contributed by atoms with Crippen LogP contribution in [-0.4, -0.2) is 15.9 Å². The van der Waals surface area contributed by atoms with Crippen LogP contribution in [0.25, 0.3) is 0 Å². The van der Waals surface area contributed by atoms with Crippen LogP contribution in [0.5, 0.6) is 0 Å². The highest BCUT2D eigenvalue weighted by Crippen LogP contribution is 2.25. The maximum absolute atomic E-state index is 11.9. The summed E-state index contributed by atoms with van der Waals surface area (Å²) in [6.45, 7) is 4.21. The maximum Gasteiger partial charge on any atom is 0.230 e. The number of hydrogen-bond acceptors (Lipinski definition) is 4. The minimum atomic E-state index is -0.0791. The highest BCUT2D eigenvalue weighted by molar-refractivity contribution is 9.10. The Hall–Kier alpha value is -1.27. The third kappa shape index (κ3) is 4.11. The highest BCUT2D eigenvalue weighted by atomic mass is 79.9. The zero-order valence-electron chi connectivity index (χ0n) is 10.7. The van der Waals surface area contributed by atoms with Crippen LogP contribution in [-0.2, 0) is 11.2 Å². The first-order valence-corrected chi connectivity index (χ1v) is 7.50. The summed E-state index contributed by atoms with van der Waals surface area (Å²) in [6, 6.07) is 1.88. The molecule has 0 aromatic carbocycles. The second-order valence-corrected chi connectivity index (χ2v) is 6.44. The molecule has 2 heterocycles. The maximum atomic E-state index is 11.9. The summed E-state index contributed by atoms with van der Waals surface area (Å²) in [6.07, 6.45) is 5.48. The number of carbonyl (C=O) groups excluding carboxylic acids is 1. The largest absolute Gasteiger partial charge is 0.302 e. The first kappa shape index (κ1) is 14.1. The zero-order chi connectivity index (χ0) is 13.8. The van der Waals surface area contributed by atoms with Gasteiger partial charge in [-0.1, -0.05) is 13.8 Å². The van der Waals surface area contributed by atoms with Gasteiger partial charge in [-0.3, -0.25) is 9.78 Å². The zero-order valence-corrected chi connectivity index (χ0v) is 13.1. The number of thiazole rings is 1. The highest BCUT2D eigenvalue weighted by Gasteiger charge is 2.09. The van der Waals surface area contributed by atoms with Crippen LogP contribution in [0.3, 0.4) is 0 Å². The Morgan fingerprint density at radius 3 is 2.84 bits per heavy atom. The number of pyridine rings is 1. The molecule has 4 nitrogen and oxygen atoms in total. The summed E-state index contributed by atoms with van der Waals surface area (Å²) >= 11 is 4.85. The number of carbonyl (C=O) groups is 1. The molecule has 0 saturated heterocycles. The lowest BCUT2D eigenvalue weighted by Gasteiger charge is -2.02. The van der Waals surface area contributed by atoms with Gasteiger partial charge in [0.15, 0.2) is 5.13 Å². The molecule has 19 heavy (non-hydrogen) atoms. The van der Waals surface area contributed by atoms with Crippen LogP contribution in [0.4, 0.5) is 5.13 Å². The fourth-order valence-electron chi connectivity index (χ4n) is 1.51. The van der Waals surface area contributed by atoms with Gasteiger partial charge in [-0.25, -0.2) is 4.98 Å². The lowest BCUT2D eigenvalue weighted by Crippen LogP contribution is -2.14. The van der Waals surface area contributed by atoms with Crippen molar-refractivity contribution in [2.45, 2.75) is 26.2 Å². The van der Waals surface area contributed by atoms with Crippen LogP contribution in [0.1, 0.15) is 30.2 Å². The van der Waals surface area contributed by atoms with Crippen molar-refractivity contribution in [3.8, 4) is 0 Å². The summed E-state index contributed by atoms with van der Waals surface area (Å²) in [5, 5.41) is 3.46. The number of hydrogen-bond donors (Lipinski definition) is 1. The fraction of sp³-hybridized carbons (Fsp3) is 0.308. The van der Waals surface area contributed by atoms with Crippen LogP contribution in [0, 0.1) is 0 Å². The number of aromatic nitrogens is 2. The molecular formula is C13H14BrN3OS. The molecule has 0 atom stereocenters. The van der Waals surface area contributed by atoms with Crippen LogP contribution in [0.2, 0.25) is 0 Å². The number of anilines is 1. The molecule has 1 amide bonds. The minimum Gasteiger partial charge on any atom is -0.302 e. The van der Waals surface area contributed by atoms with E-state index in [1.54, 1.807) is 12.4 Å². The molecule has 0 radical (unpaired) electrons. The molecule has 2 aromatic rings. The first-order chi connectivity index (χ1) is 9.04. The van der Waals surface area contributed by atoms with E-state index in [1.165, 1.54) is 16.2 Å². The molecule has 1 N–H and O–H groups in total. The van der Waals surface area contributed by atoms with E-state index in [2.05, 4.69) is 45.1 Å². The summed E-state index contributed by atoms with van der Waals surface area (Å²) in [5.41, 5.74) is 0.868. The Labute approximate surface area is 124 Å². The Kier molecular flexibility index (Phi) is 4.66. The van der Waals surface area contributed by atoms with E-state index in [4.69, 9.17) is 0 Å². The number of nitrogens with one attached hydrogen (secondary N) is 1. The monoisotopic (exact) mass is 339 g/mol. The molecule has 0 aliphatic carbocycles. The van der Waals surface area contributed by atoms with Crippen LogP contribution >= 0.6 is 27.3 Å². The average molecular weight is 340 g/mol. The Balaban J connectivity index is 1.97. The van der Waals surface area contributed by atoms with E-state index in [1.807, 2.05) is 12.3 Å². The van der Waals surface area contributed by atoms with E-state index in [-0.39, 0.29) is 5.91 Å². The first-order valence-electron chi connectivity index (χ1n) is 5.89. The molecule has 2 aromatic heterocycles. The van der Waals surface area contributed by atoms with Gasteiger partial charge in [-0.2, -0.15) is 0 Å². The summed E-state index contributed by atoms with van der Waals surface area (Å²) in [7, 11) is 0. The molecule has 0 spiro atoms. The molecular weight excluding hydrogens is 326 g/mol. The molecule has 0 fully saturated rings. The SMILES string of the molecule is CC(C)c1cnc(NC(=O)Cc2cncc(Br)c2)s1. The van der Waals surface area contributed by atoms with Crippen molar-refractivity contribution >= 4 is 38.3 Å². The normalized spacial score (nSPS) is 10.7. The second kappa shape index (κ2) is 6.25. The van der Waals surface area contributed by atoms with E-state index < -0.39 is 0 Å². The minimum absolute atomic E-state index is 0.0791. The van der Waals surface area contributed by atoms with Gasteiger partial charge >= 0.3 is 0 Å².